The Morgan fingerprint density at radius 3 is 1.79 bits per heavy atom. The van der Waals surface area contributed by atoms with Crippen molar-refractivity contribution in [1.82, 2.24) is 0 Å². The summed E-state index contributed by atoms with van der Waals surface area (Å²) in [4.78, 5) is 0. The third kappa shape index (κ3) is 6.66. The molecule has 0 saturated heterocycles. The Balaban J connectivity index is 1.25. The molecule has 42 heavy (non-hydrogen) atoms. The molecular weight excluding hydrogens is 531 g/mol. The summed E-state index contributed by atoms with van der Waals surface area (Å²) in [7, 11) is 5.73. The van der Waals surface area contributed by atoms with Gasteiger partial charge in [0.15, 0.2) is 11.6 Å². The van der Waals surface area contributed by atoms with Crippen LogP contribution in [0.15, 0.2) is 60.7 Å². The average molecular weight is 572 g/mol. The number of rotatable bonds is 9. The van der Waals surface area contributed by atoms with Crippen molar-refractivity contribution < 1.29 is 17.6 Å². The van der Waals surface area contributed by atoms with Crippen LogP contribution in [0.3, 0.4) is 0 Å². The average Bonchev–Trinajstić information content (AvgIpc) is 3.03. The van der Waals surface area contributed by atoms with E-state index in [4.69, 9.17) is 7.49 Å². The zero-order valence-corrected chi connectivity index (χ0v) is 24.5. The molecule has 2 aliphatic carbocycles. The maximum atomic E-state index is 15.4. The number of unbranched alkanes of at least 4 members (excludes halogenated alkanes) is 1. The first kappa shape index (κ1) is 30.5. The van der Waals surface area contributed by atoms with Crippen molar-refractivity contribution in [3.63, 3.8) is 0 Å². The topological polar surface area (TPSA) is 0 Å². The fourth-order valence-electron chi connectivity index (χ4n) is 7.22. The summed E-state index contributed by atoms with van der Waals surface area (Å²) >= 11 is 0. The molecule has 2 fully saturated rings. The molecule has 1 radical (unpaired) electrons. The molecule has 0 amide bonds. The fourth-order valence-corrected chi connectivity index (χ4v) is 7.22. The van der Waals surface area contributed by atoms with Crippen molar-refractivity contribution in [2.24, 2.45) is 17.8 Å². The van der Waals surface area contributed by atoms with E-state index in [2.05, 4.69) is 0 Å². The number of benzene rings is 3. The second-order valence-electron chi connectivity index (χ2n) is 12.2. The van der Waals surface area contributed by atoms with Gasteiger partial charge in [-0.3, -0.25) is 0 Å². The van der Waals surface area contributed by atoms with Gasteiger partial charge in [0, 0.05) is 11.1 Å². The Morgan fingerprint density at radius 1 is 0.667 bits per heavy atom. The van der Waals surface area contributed by atoms with Crippen LogP contribution in [0.2, 0.25) is 0 Å². The predicted octanol–water partition coefficient (Wildman–Crippen LogP) is 10.5. The first-order valence-electron chi connectivity index (χ1n) is 15.6. The quantitative estimate of drug-likeness (QED) is 0.104. The number of hydrogen-bond acceptors (Lipinski definition) is 0. The van der Waals surface area contributed by atoms with E-state index in [9.17, 15) is 8.78 Å². The Morgan fingerprint density at radius 2 is 1.21 bits per heavy atom. The van der Waals surface area contributed by atoms with Crippen LogP contribution in [0.25, 0.3) is 22.3 Å². The van der Waals surface area contributed by atoms with Crippen molar-refractivity contribution in [1.29, 1.82) is 0 Å². The second-order valence-corrected chi connectivity index (χ2v) is 12.2. The summed E-state index contributed by atoms with van der Waals surface area (Å²) < 4.78 is 60.5. The van der Waals surface area contributed by atoms with Crippen molar-refractivity contribution in [3.8, 4) is 22.3 Å². The zero-order valence-electron chi connectivity index (χ0n) is 24.5. The molecule has 3 aromatic carbocycles. The summed E-state index contributed by atoms with van der Waals surface area (Å²) in [5, 5.41) is 0. The van der Waals surface area contributed by atoms with Gasteiger partial charge in [-0.05, 0) is 42.9 Å². The van der Waals surface area contributed by atoms with Crippen LogP contribution >= 0.6 is 0 Å². The molecule has 5 heteroatoms. The van der Waals surface area contributed by atoms with Crippen LogP contribution in [-0.2, 0) is 6.42 Å². The molecule has 0 unspecified atom stereocenters. The molecular formula is C37H40BF4. The number of allylic oxidation sites excluding steroid dienone is 2. The SMILES string of the molecule is [B]=CC1CCC(C2CCC(c3ccc(-c4ccc(-c5ccc(CCC/C=C\C)c(F)c5F)cc4)c(F)c3F)CC2)CC1. The van der Waals surface area contributed by atoms with E-state index in [1.54, 1.807) is 48.5 Å². The number of hydrogen-bond donors (Lipinski definition) is 0. The monoisotopic (exact) mass is 571 g/mol. The van der Waals surface area contributed by atoms with Crippen LogP contribution in [0.5, 0.6) is 0 Å². The van der Waals surface area contributed by atoms with Gasteiger partial charge in [-0.1, -0.05) is 48.6 Å². The molecule has 2 aliphatic rings. The van der Waals surface area contributed by atoms with Gasteiger partial charge in [0.1, 0.15) is 0 Å². The number of aryl methyl sites for hydroxylation is 1. The minimum atomic E-state index is -0.885. The second kappa shape index (κ2) is 14.0. The van der Waals surface area contributed by atoms with Gasteiger partial charge < -0.3 is 0 Å². The van der Waals surface area contributed by atoms with Crippen LogP contribution in [-0.4, -0.2) is 13.5 Å². The van der Waals surface area contributed by atoms with Gasteiger partial charge >= 0.3 is 122 Å². The molecule has 5 rings (SSSR count). The van der Waals surface area contributed by atoms with E-state index in [1.807, 2.05) is 25.0 Å². The van der Waals surface area contributed by atoms with Crippen molar-refractivity contribution in [2.45, 2.75) is 83.5 Å². The summed E-state index contributed by atoms with van der Waals surface area (Å²) in [6.45, 7) is 1.93. The normalized spacial score (nSPS) is 22.9. The van der Waals surface area contributed by atoms with Crippen molar-refractivity contribution >= 4 is 13.5 Å². The Kier molecular flexibility index (Phi) is 10.2. The predicted molar refractivity (Wildman–Crippen MR) is 167 cm³/mol. The first-order valence-corrected chi connectivity index (χ1v) is 15.6. The van der Waals surface area contributed by atoms with E-state index in [1.165, 1.54) is 25.7 Å². The molecule has 219 valence electrons. The molecule has 0 nitrogen and oxygen atoms in total. The van der Waals surface area contributed by atoms with E-state index in [-0.39, 0.29) is 17.0 Å². The Hall–Kier alpha value is -2.95. The van der Waals surface area contributed by atoms with Crippen LogP contribution in [0.1, 0.15) is 88.2 Å². The molecule has 0 N–H and O–H groups in total. The minimum absolute atomic E-state index is 0.0323. The van der Waals surface area contributed by atoms with Crippen LogP contribution in [0, 0.1) is 41.0 Å². The van der Waals surface area contributed by atoms with E-state index >= 15 is 8.78 Å². The van der Waals surface area contributed by atoms with Gasteiger partial charge in [-0.15, -0.1) is 0 Å². The van der Waals surface area contributed by atoms with Gasteiger partial charge in [0.2, 0.25) is 0 Å². The standard InChI is InChI=1S/C37H40BF4/c1-2-3-4-5-6-30-19-20-31(35(40)34(30)39)28-15-17-29(18-16-28)33-22-21-32(36(41)37(33)42)27-13-11-26(12-14-27)25-9-7-24(23-38)8-10-25/h2-3,15-27H,4-14H2,1H3/b3-2-. The Bertz CT molecular complexity index is 1390. The third-order valence-corrected chi connectivity index (χ3v) is 9.80. The van der Waals surface area contributed by atoms with E-state index in [0.717, 1.165) is 44.4 Å². The summed E-state index contributed by atoms with van der Waals surface area (Å²) in [5.41, 5.74) is 2.14. The molecule has 2 saturated carbocycles. The molecule has 0 heterocycles. The molecule has 0 aromatic heterocycles. The van der Waals surface area contributed by atoms with Gasteiger partial charge in [0.05, 0.1) is 0 Å². The summed E-state index contributed by atoms with van der Waals surface area (Å²) in [5.74, 6) is 0.491. The summed E-state index contributed by atoms with van der Waals surface area (Å²) in [6.07, 6.45) is 14.6. The molecule has 3 aromatic rings. The van der Waals surface area contributed by atoms with Crippen LogP contribution < -0.4 is 0 Å². The molecule has 0 aliphatic heterocycles. The molecule has 0 bridgehead atoms. The molecule has 0 atom stereocenters. The summed E-state index contributed by atoms with van der Waals surface area (Å²) in [6, 6.07) is 13.1. The maximum absolute atomic E-state index is 15.4. The zero-order chi connectivity index (χ0) is 29.6. The van der Waals surface area contributed by atoms with E-state index in [0.29, 0.717) is 40.5 Å². The van der Waals surface area contributed by atoms with Crippen molar-refractivity contribution in [3.05, 3.63) is 95.1 Å². The van der Waals surface area contributed by atoms with Crippen molar-refractivity contribution in [2.75, 3.05) is 0 Å². The van der Waals surface area contributed by atoms with Gasteiger partial charge in [0.25, 0.3) is 0 Å². The Labute approximate surface area is 249 Å². The first-order chi connectivity index (χ1) is 20.4. The van der Waals surface area contributed by atoms with E-state index < -0.39 is 23.3 Å². The number of halogens is 4. The van der Waals surface area contributed by atoms with Crippen LogP contribution in [0.4, 0.5) is 17.6 Å². The van der Waals surface area contributed by atoms with Gasteiger partial charge in [-0.2, -0.15) is 0 Å². The van der Waals surface area contributed by atoms with Gasteiger partial charge in [-0.25, -0.2) is 13.2 Å². The molecule has 0 spiro atoms. The third-order valence-electron chi connectivity index (χ3n) is 9.80. The fraction of sp³-hybridized carbons (Fsp3) is 0.432.